The van der Waals surface area contributed by atoms with Gasteiger partial charge >= 0.3 is 0 Å². The second-order valence-corrected chi connectivity index (χ2v) is 3.85. The fourth-order valence-electron chi connectivity index (χ4n) is 1.57. The van der Waals surface area contributed by atoms with Crippen LogP contribution >= 0.6 is 0 Å². The van der Waals surface area contributed by atoms with E-state index in [2.05, 4.69) is 15.2 Å². The molecule has 0 aromatic rings. The maximum atomic E-state index is 9.38. The van der Waals surface area contributed by atoms with Crippen LogP contribution in [0, 0.1) is 0 Å². The van der Waals surface area contributed by atoms with E-state index < -0.39 is 6.29 Å². The molecular formula is C9H20N4O2. The highest BCUT2D eigenvalue weighted by atomic mass is 16.6. The van der Waals surface area contributed by atoms with Crippen molar-refractivity contribution in [3.05, 3.63) is 0 Å². The zero-order valence-corrected chi connectivity index (χ0v) is 9.47. The Morgan fingerprint density at radius 1 is 1.80 bits per heavy atom. The number of aliphatic hydroxyl groups is 1. The number of ether oxygens (including phenoxy) is 1. The van der Waals surface area contributed by atoms with Crippen molar-refractivity contribution in [2.75, 3.05) is 20.7 Å². The van der Waals surface area contributed by atoms with Crippen LogP contribution in [0.3, 0.4) is 0 Å². The molecule has 4 N–H and O–H groups in total. The van der Waals surface area contributed by atoms with E-state index in [0.29, 0.717) is 12.4 Å². The first-order valence-corrected chi connectivity index (χ1v) is 5.04. The van der Waals surface area contributed by atoms with Gasteiger partial charge in [-0.25, -0.2) is 4.99 Å². The molecule has 0 saturated heterocycles. The Morgan fingerprint density at radius 3 is 3.07 bits per heavy atom. The summed E-state index contributed by atoms with van der Waals surface area (Å²) in [5, 5.41) is 12.4. The minimum absolute atomic E-state index is 0.0543. The van der Waals surface area contributed by atoms with Crippen LogP contribution in [-0.4, -0.2) is 55.2 Å². The van der Waals surface area contributed by atoms with E-state index in [1.54, 1.807) is 0 Å². The first kappa shape index (κ1) is 12.2. The van der Waals surface area contributed by atoms with Crippen LogP contribution in [0.4, 0.5) is 0 Å². The number of nitrogens with two attached hydrogens (primary N) is 1. The van der Waals surface area contributed by atoms with Crippen molar-refractivity contribution in [3.63, 3.8) is 0 Å². The largest absolute Gasteiger partial charge is 0.370 e. The van der Waals surface area contributed by atoms with Crippen LogP contribution in [-0.2, 0) is 4.74 Å². The van der Waals surface area contributed by atoms with Crippen LogP contribution in [0.1, 0.15) is 13.3 Å². The molecule has 3 unspecified atom stereocenters. The molecule has 1 heterocycles. The third-order valence-corrected chi connectivity index (χ3v) is 2.58. The average Bonchev–Trinajstić information content (AvgIpc) is 2.26. The van der Waals surface area contributed by atoms with Crippen molar-refractivity contribution in [3.8, 4) is 0 Å². The number of rotatable bonds is 3. The second-order valence-electron chi connectivity index (χ2n) is 3.85. The van der Waals surface area contributed by atoms with Crippen molar-refractivity contribution in [2.45, 2.75) is 31.8 Å². The highest BCUT2D eigenvalue weighted by molar-refractivity contribution is 5.78. The summed E-state index contributed by atoms with van der Waals surface area (Å²) in [5.74, 6) is 0.417. The van der Waals surface area contributed by atoms with Crippen molar-refractivity contribution in [1.29, 1.82) is 0 Å². The van der Waals surface area contributed by atoms with E-state index in [-0.39, 0.29) is 12.2 Å². The van der Waals surface area contributed by atoms with E-state index >= 15 is 0 Å². The number of hydrogen-bond donors (Lipinski definition) is 3. The summed E-state index contributed by atoms with van der Waals surface area (Å²) in [4.78, 5) is 6.30. The number of methoxy groups -OCH3 is 1. The van der Waals surface area contributed by atoms with Gasteiger partial charge in [0.25, 0.3) is 0 Å². The fraction of sp³-hybridized carbons (Fsp3) is 0.889. The summed E-state index contributed by atoms with van der Waals surface area (Å²) >= 11 is 0. The summed E-state index contributed by atoms with van der Waals surface area (Å²) in [6.07, 6.45) is -0.219. The zero-order chi connectivity index (χ0) is 11.4. The molecule has 0 amide bonds. The quantitative estimate of drug-likeness (QED) is 0.522. The number of guanidine groups is 1. The minimum Gasteiger partial charge on any atom is -0.370 e. The van der Waals surface area contributed by atoms with Gasteiger partial charge in [0.15, 0.2) is 12.2 Å². The van der Waals surface area contributed by atoms with E-state index in [1.807, 2.05) is 14.0 Å². The molecule has 0 aliphatic carbocycles. The maximum Gasteiger partial charge on any atom is 0.190 e. The van der Waals surface area contributed by atoms with Crippen LogP contribution in [0.2, 0.25) is 0 Å². The summed E-state index contributed by atoms with van der Waals surface area (Å²) < 4.78 is 4.81. The number of likely N-dealkylation sites (N-methyl/N-ethyl adjacent to an activating group) is 1. The Hall–Kier alpha value is -0.850. The molecule has 0 saturated carbocycles. The van der Waals surface area contributed by atoms with Gasteiger partial charge in [-0.15, -0.1) is 0 Å². The topological polar surface area (TPSA) is 83.1 Å². The van der Waals surface area contributed by atoms with Crippen LogP contribution < -0.4 is 11.1 Å². The fourth-order valence-corrected chi connectivity index (χ4v) is 1.57. The summed E-state index contributed by atoms with van der Waals surface area (Å²) in [6, 6.07) is 0.0543. The standard InChI is InChI=1S/C9H20N4O2/c1-6-11-9(10)12-7(5-13(6)2)4-8(14)15-3/h6-8,14H,4-5H2,1-3H3,(H3,10,11,12). The Balaban J connectivity index is 2.57. The normalized spacial score (nSPS) is 30.3. The molecule has 88 valence electrons. The first-order chi connectivity index (χ1) is 7.02. The van der Waals surface area contributed by atoms with Gasteiger partial charge in [-0.2, -0.15) is 0 Å². The van der Waals surface area contributed by atoms with E-state index in [9.17, 15) is 5.11 Å². The minimum atomic E-state index is -0.767. The van der Waals surface area contributed by atoms with Crippen LogP contribution in [0.25, 0.3) is 0 Å². The van der Waals surface area contributed by atoms with E-state index in [1.165, 1.54) is 7.11 Å². The summed E-state index contributed by atoms with van der Waals surface area (Å²) in [5.41, 5.74) is 5.68. The zero-order valence-electron chi connectivity index (χ0n) is 9.47. The van der Waals surface area contributed by atoms with Crippen molar-refractivity contribution in [2.24, 2.45) is 10.7 Å². The molecule has 6 heteroatoms. The highest BCUT2D eigenvalue weighted by Crippen LogP contribution is 2.07. The predicted octanol–water partition coefficient (Wildman–Crippen LogP) is -1.09. The lowest BCUT2D eigenvalue weighted by Gasteiger charge is -2.24. The highest BCUT2D eigenvalue weighted by Gasteiger charge is 2.22. The molecule has 15 heavy (non-hydrogen) atoms. The van der Waals surface area contributed by atoms with Gasteiger partial charge in [0, 0.05) is 26.1 Å². The monoisotopic (exact) mass is 216 g/mol. The molecule has 0 bridgehead atoms. The molecule has 0 spiro atoms. The molecule has 0 aromatic heterocycles. The third kappa shape index (κ3) is 3.65. The molecule has 1 aliphatic rings. The van der Waals surface area contributed by atoms with Gasteiger partial charge in [0.2, 0.25) is 0 Å². The summed E-state index contributed by atoms with van der Waals surface area (Å²) in [6.45, 7) is 2.75. The summed E-state index contributed by atoms with van der Waals surface area (Å²) in [7, 11) is 3.45. The number of hydrogen-bond acceptors (Lipinski definition) is 6. The van der Waals surface area contributed by atoms with Gasteiger partial charge in [0.05, 0.1) is 0 Å². The molecular weight excluding hydrogens is 196 g/mol. The van der Waals surface area contributed by atoms with Gasteiger partial charge in [0.1, 0.15) is 6.17 Å². The lowest BCUT2D eigenvalue weighted by atomic mass is 10.2. The molecule has 3 atom stereocenters. The molecule has 0 aromatic carbocycles. The average molecular weight is 216 g/mol. The first-order valence-electron chi connectivity index (χ1n) is 5.04. The van der Waals surface area contributed by atoms with Gasteiger partial charge in [-0.1, -0.05) is 0 Å². The third-order valence-electron chi connectivity index (χ3n) is 2.58. The Morgan fingerprint density at radius 2 is 2.47 bits per heavy atom. The predicted molar refractivity (Wildman–Crippen MR) is 58.3 cm³/mol. The second kappa shape index (κ2) is 5.29. The van der Waals surface area contributed by atoms with Gasteiger partial charge < -0.3 is 20.9 Å². The Kier molecular flexibility index (Phi) is 4.31. The molecule has 1 aliphatic heterocycles. The van der Waals surface area contributed by atoms with E-state index in [4.69, 9.17) is 10.5 Å². The van der Waals surface area contributed by atoms with Crippen LogP contribution in [0.5, 0.6) is 0 Å². The number of nitrogens with zero attached hydrogens (tertiary/aromatic N) is 2. The Bertz CT molecular complexity index is 234. The van der Waals surface area contributed by atoms with Crippen LogP contribution in [0.15, 0.2) is 4.99 Å². The molecule has 6 nitrogen and oxygen atoms in total. The van der Waals surface area contributed by atoms with E-state index in [0.717, 1.165) is 6.54 Å². The maximum absolute atomic E-state index is 9.38. The molecule has 0 radical (unpaired) electrons. The number of aliphatic imine (C=N–C) groups is 1. The molecule has 1 rings (SSSR count). The SMILES string of the molecule is COC(O)CC1CN(C)C(C)N=C(N)N1. The Labute approximate surface area is 90.1 Å². The smallest absolute Gasteiger partial charge is 0.190 e. The lowest BCUT2D eigenvalue weighted by Crippen LogP contribution is -2.45. The van der Waals surface area contributed by atoms with Crippen molar-refractivity contribution >= 4 is 5.96 Å². The molecule has 0 fully saturated rings. The van der Waals surface area contributed by atoms with Gasteiger partial charge in [-0.3, -0.25) is 4.90 Å². The van der Waals surface area contributed by atoms with Gasteiger partial charge in [-0.05, 0) is 14.0 Å². The number of nitrogens with one attached hydrogen (secondary N) is 1. The lowest BCUT2D eigenvalue weighted by molar-refractivity contribution is -0.0835. The number of aliphatic hydroxyl groups excluding tert-OH is 1. The van der Waals surface area contributed by atoms with Crippen molar-refractivity contribution < 1.29 is 9.84 Å². The van der Waals surface area contributed by atoms with Crippen molar-refractivity contribution in [1.82, 2.24) is 10.2 Å².